The van der Waals surface area contributed by atoms with E-state index in [-0.39, 0.29) is 30.9 Å². The van der Waals surface area contributed by atoms with Crippen molar-refractivity contribution < 1.29 is 0 Å². The van der Waals surface area contributed by atoms with E-state index in [1.54, 1.807) is 0 Å². The van der Waals surface area contributed by atoms with E-state index in [0.29, 0.717) is 0 Å². The van der Waals surface area contributed by atoms with Crippen molar-refractivity contribution in [2.45, 2.75) is 12.5 Å². The van der Waals surface area contributed by atoms with Gasteiger partial charge in [-0.05, 0) is 32.6 Å². The Bertz CT molecular complexity index is 240. The SMILES string of the molecule is CN(C)CC[C@H](N)c1ccccc1.Cl.Cl. The highest BCUT2D eigenvalue weighted by atomic mass is 35.5. The van der Waals surface area contributed by atoms with E-state index in [1.165, 1.54) is 5.56 Å². The van der Waals surface area contributed by atoms with Gasteiger partial charge in [0.25, 0.3) is 0 Å². The quantitative estimate of drug-likeness (QED) is 0.890. The van der Waals surface area contributed by atoms with E-state index >= 15 is 0 Å². The van der Waals surface area contributed by atoms with Crippen molar-refractivity contribution in [2.24, 2.45) is 5.73 Å². The van der Waals surface area contributed by atoms with Crippen LogP contribution in [0.4, 0.5) is 0 Å². The van der Waals surface area contributed by atoms with Crippen molar-refractivity contribution in [3.63, 3.8) is 0 Å². The van der Waals surface area contributed by atoms with Crippen LogP contribution in [0, 0.1) is 0 Å². The second kappa shape index (κ2) is 8.98. The summed E-state index contributed by atoms with van der Waals surface area (Å²) >= 11 is 0. The fraction of sp³-hybridized carbons (Fsp3) is 0.455. The van der Waals surface area contributed by atoms with Gasteiger partial charge in [0.05, 0.1) is 0 Å². The second-order valence-corrected chi connectivity index (χ2v) is 3.61. The third-order valence-corrected chi connectivity index (χ3v) is 2.12. The molecular formula is C11H20Cl2N2. The summed E-state index contributed by atoms with van der Waals surface area (Å²) in [6.45, 7) is 1.04. The lowest BCUT2D eigenvalue weighted by Gasteiger charge is -2.15. The zero-order chi connectivity index (χ0) is 9.68. The van der Waals surface area contributed by atoms with Crippen LogP contribution in [0.3, 0.4) is 0 Å². The van der Waals surface area contributed by atoms with Crippen LogP contribution in [0.5, 0.6) is 0 Å². The van der Waals surface area contributed by atoms with Crippen molar-refractivity contribution >= 4 is 24.8 Å². The monoisotopic (exact) mass is 250 g/mol. The van der Waals surface area contributed by atoms with Crippen LogP contribution in [0.1, 0.15) is 18.0 Å². The average Bonchev–Trinajstić information content (AvgIpc) is 2.15. The third-order valence-electron chi connectivity index (χ3n) is 2.12. The summed E-state index contributed by atoms with van der Waals surface area (Å²) in [4.78, 5) is 2.16. The molecule has 1 aromatic carbocycles. The maximum absolute atomic E-state index is 6.02. The smallest absolute Gasteiger partial charge is 0.0307 e. The molecule has 0 bridgehead atoms. The van der Waals surface area contributed by atoms with E-state index in [2.05, 4.69) is 31.1 Å². The van der Waals surface area contributed by atoms with Crippen molar-refractivity contribution in [1.82, 2.24) is 4.90 Å². The van der Waals surface area contributed by atoms with E-state index in [9.17, 15) is 0 Å². The Labute approximate surface area is 105 Å². The van der Waals surface area contributed by atoms with Gasteiger partial charge in [0.2, 0.25) is 0 Å². The minimum Gasteiger partial charge on any atom is -0.324 e. The first-order chi connectivity index (χ1) is 6.20. The molecule has 0 unspecified atom stereocenters. The lowest BCUT2D eigenvalue weighted by molar-refractivity contribution is 0.382. The fourth-order valence-electron chi connectivity index (χ4n) is 1.26. The van der Waals surface area contributed by atoms with Crippen LogP contribution >= 0.6 is 24.8 Å². The van der Waals surface area contributed by atoms with Crippen molar-refractivity contribution in [3.05, 3.63) is 35.9 Å². The molecule has 0 aromatic heterocycles. The first-order valence-corrected chi connectivity index (χ1v) is 4.65. The first-order valence-electron chi connectivity index (χ1n) is 4.65. The summed E-state index contributed by atoms with van der Waals surface area (Å²) in [5.74, 6) is 0. The van der Waals surface area contributed by atoms with Gasteiger partial charge in [-0.2, -0.15) is 0 Å². The molecule has 2 N–H and O–H groups in total. The molecule has 2 nitrogen and oxygen atoms in total. The van der Waals surface area contributed by atoms with Crippen LogP contribution < -0.4 is 5.73 Å². The summed E-state index contributed by atoms with van der Waals surface area (Å²) in [6, 6.07) is 10.4. The van der Waals surface area contributed by atoms with Crippen LogP contribution in [0.25, 0.3) is 0 Å². The molecule has 0 saturated carbocycles. The van der Waals surface area contributed by atoms with E-state index < -0.39 is 0 Å². The molecule has 0 aliphatic carbocycles. The highest BCUT2D eigenvalue weighted by Gasteiger charge is 2.04. The lowest BCUT2D eigenvalue weighted by Crippen LogP contribution is -2.19. The largest absolute Gasteiger partial charge is 0.324 e. The predicted octanol–water partition coefficient (Wildman–Crippen LogP) is 2.48. The summed E-state index contributed by atoms with van der Waals surface area (Å²) in [6.07, 6.45) is 1.01. The van der Waals surface area contributed by atoms with Crippen LogP contribution in [-0.2, 0) is 0 Å². The van der Waals surface area contributed by atoms with Gasteiger partial charge < -0.3 is 10.6 Å². The minimum atomic E-state index is 0. The van der Waals surface area contributed by atoms with Gasteiger partial charge >= 0.3 is 0 Å². The van der Waals surface area contributed by atoms with E-state index in [1.807, 2.05) is 18.2 Å². The summed E-state index contributed by atoms with van der Waals surface area (Å²) < 4.78 is 0. The van der Waals surface area contributed by atoms with E-state index in [0.717, 1.165) is 13.0 Å². The molecule has 0 aliphatic heterocycles. The fourth-order valence-corrected chi connectivity index (χ4v) is 1.26. The Balaban J connectivity index is 0. The Morgan fingerprint density at radius 1 is 1.13 bits per heavy atom. The molecule has 15 heavy (non-hydrogen) atoms. The normalized spacial score (nSPS) is 11.5. The Hall–Kier alpha value is -0.280. The van der Waals surface area contributed by atoms with E-state index in [4.69, 9.17) is 5.73 Å². The molecule has 0 fully saturated rings. The maximum atomic E-state index is 6.02. The van der Waals surface area contributed by atoms with Gasteiger partial charge in [-0.3, -0.25) is 0 Å². The topological polar surface area (TPSA) is 29.3 Å². The average molecular weight is 251 g/mol. The van der Waals surface area contributed by atoms with Gasteiger partial charge in [0.15, 0.2) is 0 Å². The van der Waals surface area contributed by atoms with Gasteiger partial charge in [0, 0.05) is 6.04 Å². The first kappa shape index (κ1) is 17.1. The van der Waals surface area contributed by atoms with Crippen LogP contribution in [0.15, 0.2) is 30.3 Å². The van der Waals surface area contributed by atoms with Gasteiger partial charge in [0.1, 0.15) is 0 Å². The number of hydrogen-bond donors (Lipinski definition) is 1. The minimum absolute atomic E-state index is 0. The maximum Gasteiger partial charge on any atom is 0.0307 e. The molecule has 0 spiro atoms. The Morgan fingerprint density at radius 2 is 1.67 bits per heavy atom. The lowest BCUT2D eigenvalue weighted by atomic mass is 10.1. The second-order valence-electron chi connectivity index (χ2n) is 3.61. The molecule has 1 atom stereocenters. The van der Waals surface area contributed by atoms with Gasteiger partial charge in [-0.15, -0.1) is 24.8 Å². The third kappa shape index (κ3) is 6.74. The van der Waals surface area contributed by atoms with Gasteiger partial charge in [-0.1, -0.05) is 30.3 Å². The number of benzene rings is 1. The van der Waals surface area contributed by atoms with Crippen molar-refractivity contribution in [3.8, 4) is 0 Å². The number of halogens is 2. The molecule has 4 heteroatoms. The number of nitrogens with two attached hydrogens (primary N) is 1. The molecule has 88 valence electrons. The summed E-state index contributed by atoms with van der Waals surface area (Å²) in [7, 11) is 4.13. The number of hydrogen-bond acceptors (Lipinski definition) is 2. The number of nitrogens with zero attached hydrogens (tertiary/aromatic N) is 1. The van der Waals surface area contributed by atoms with Crippen LogP contribution in [-0.4, -0.2) is 25.5 Å². The molecule has 0 amide bonds. The molecule has 0 radical (unpaired) electrons. The summed E-state index contributed by atoms with van der Waals surface area (Å²) in [5, 5.41) is 0. The zero-order valence-corrected chi connectivity index (χ0v) is 10.9. The highest BCUT2D eigenvalue weighted by Crippen LogP contribution is 2.12. The van der Waals surface area contributed by atoms with Crippen LogP contribution in [0.2, 0.25) is 0 Å². The predicted molar refractivity (Wildman–Crippen MR) is 71.0 cm³/mol. The molecule has 0 heterocycles. The molecular weight excluding hydrogens is 231 g/mol. The standard InChI is InChI=1S/C11H18N2.2ClH/c1-13(2)9-8-11(12)10-6-4-3-5-7-10;;/h3-7,11H,8-9,12H2,1-2H3;2*1H/t11-;;/m0../s1. The number of rotatable bonds is 4. The molecule has 0 aliphatic rings. The Morgan fingerprint density at radius 3 is 2.13 bits per heavy atom. The molecule has 0 saturated heterocycles. The summed E-state index contributed by atoms with van der Waals surface area (Å²) in [5.41, 5.74) is 7.24. The van der Waals surface area contributed by atoms with Gasteiger partial charge in [-0.25, -0.2) is 0 Å². The highest BCUT2D eigenvalue weighted by molar-refractivity contribution is 5.85. The zero-order valence-electron chi connectivity index (χ0n) is 9.22. The molecule has 1 rings (SSSR count). The Kier molecular flexibility index (Phi) is 10.3. The van der Waals surface area contributed by atoms with Crippen molar-refractivity contribution in [2.75, 3.05) is 20.6 Å². The van der Waals surface area contributed by atoms with Crippen molar-refractivity contribution in [1.29, 1.82) is 0 Å². The molecule has 1 aromatic rings.